The van der Waals surface area contributed by atoms with Crippen molar-refractivity contribution in [2.75, 3.05) is 23.7 Å². The van der Waals surface area contributed by atoms with E-state index in [1.54, 1.807) is 11.0 Å². The normalized spacial score (nSPS) is 10.2. The minimum Gasteiger partial charge on any atom is -0.384 e. The summed E-state index contributed by atoms with van der Waals surface area (Å²) in [6, 6.07) is 1.66. The molecule has 0 atom stereocenters. The maximum atomic E-state index is 10.9. The Morgan fingerprint density at radius 1 is 1.41 bits per heavy atom. The standard InChI is InChI=1S/C11H19N5O/c1-3-5-10-14-8(12)6-11(15-10)16(4-2)7-9(13)17/h6H,3-5,7H2,1-2H3,(H2,13,17)(H2,12,14,15). The predicted molar refractivity (Wildman–Crippen MR) is 67.5 cm³/mol. The van der Waals surface area contributed by atoms with Gasteiger partial charge in [0, 0.05) is 19.0 Å². The molecule has 6 nitrogen and oxygen atoms in total. The molecule has 0 fully saturated rings. The number of nitrogens with two attached hydrogens (primary N) is 2. The molecule has 1 rings (SSSR count). The number of rotatable bonds is 6. The SMILES string of the molecule is CCCc1nc(N)cc(N(CC)CC(N)=O)n1. The molecule has 0 bridgehead atoms. The van der Waals surface area contributed by atoms with Crippen LogP contribution in [0.25, 0.3) is 0 Å². The Bertz CT molecular complexity index is 393. The number of primary amides is 1. The second-order valence-electron chi connectivity index (χ2n) is 3.80. The summed E-state index contributed by atoms with van der Waals surface area (Å²) in [4.78, 5) is 21.2. The number of carbonyl (C=O) groups is 1. The van der Waals surface area contributed by atoms with Gasteiger partial charge in [-0.25, -0.2) is 9.97 Å². The van der Waals surface area contributed by atoms with Crippen molar-refractivity contribution < 1.29 is 4.79 Å². The van der Waals surface area contributed by atoms with E-state index in [0.29, 0.717) is 24.0 Å². The molecule has 0 aliphatic rings. The van der Waals surface area contributed by atoms with Crippen molar-refractivity contribution in [2.24, 2.45) is 5.73 Å². The first-order valence-electron chi connectivity index (χ1n) is 5.73. The van der Waals surface area contributed by atoms with Crippen LogP contribution in [0, 0.1) is 0 Å². The second-order valence-corrected chi connectivity index (χ2v) is 3.80. The molecule has 6 heteroatoms. The predicted octanol–water partition coefficient (Wildman–Crippen LogP) is 0.323. The summed E-state index contributed by atoms with van der Waals surface area (Å²) in [7, 11) is 0. The van der Waals surface area contributed by atoms with Gasteiger partial charge < -0.3 is 16.4 Å². The maximum Gasteiger partial charge on any atom is 0.236 e. The third kappa shape index (κ3) is 3.90. The molecule has 4 N–H and O–H groups in total. The molecule has 1 heterocycles. The lowest BCUT2D eigenvalue weighted by Crippen LogP contribution is -2.34. The molecule has 0 aliphatic carbocycles. The van der Waals surface area contributed by atoms with E-state index in [9.17, 15) is 4.79 Å². The van der Waals surface area contributed by atoms with Gasteiger partial charge in [-0.1, -0.05) is 6.92 Å². The van der Waals surface area contributed by atoms with E-state index in [4.69, 9.17) is 11.5 Å². The number of aromatic nitrogens is 2. The van der Waals surface area contributed by atoms with Crippen molar-refractivity contribution in [2.45, 2.75) is 26.7 Å². The molecule has 0 aromatic carbocycles. The number of hydrogen-bond donors (Lipinski definition) is 2. The zero-order chi connectivity index (χ0) is 12.8. The summed E-state index contributed by atoms with van der Waals surface area (Å²) in [5.41, 5.74) is 10.9. The topological polar surface area (TPSA) is 98.1 Å². The van der Waals surface area contributed by atoms with Gasteiger partial charge in [-0.2, -0.15) is 0 Å². The fraction of sp³-hybridized carbons (Fsp3) is 0.545. The largest absolute Gasteiger partial charge is 0.384 e. The van der Waals surface area contributed by atoms with Crippen LogP contribution in [-0.4, -0.2) is 29.0 Å². The quantitative estimate of drug-likeness (QED) is 0.742. The molecule has 0 aliphatic heterocycles. The van der Waals surface area contributed by atoms with Crippen molar-refractivity contribution >= 4 is 17.5 Å². The molecular weight excluding hydrogens is 218 g/mol. The van der Waals surface area contributed by atoms with Crippen LogP contribution < -0.4 is 16.4 Å². The molecule has 0 saturated carbocycles. The number of aryl methyl sites for hydroxylation is 1. The first-order valence-corrected chi connectivity index (χ1v) is 5.73. The van der Waals surface area contributed by atoms with E-state index in [2.05, 4.69) is 9.97 Å². The summed E-state index contributed by atoms with van der Waals surface area (Å²) in [5.74, 6) is 1.38. The number of anilines is 2. The number of nitrogens with zero attached hydrogens (tertiary/aromatic N) is 3. The van der Waals surface area contributed by atoms with Gasteiger partial charge in [-0.3, -0.25) is 4.79 Å². The molecule has 1 aromatic rings. The Hall–Kier alpha value is -1.85. The first kappa shape index (κ1) is 13.2. The van der Waals surface area contributed by atoms with Crippen LogP contribution in [0.3, 0.4) is 0 Å². The maximum absolute atomic E-state index is 10.9. The van der Waals surface area contributed by atoms with Crippen molar-refractivity contribution in [3.05, 3.63) is 11.9 Å². The molecule has 0 saturated heterocycles. The van der Waals surface area contributed by atoms with Crippen LogP contribution >= 0.6 is 0 Å². The molecular formula is C11H19N5O. The lowest BCUT2D eigenvalue weighted by molar-refractivity contribution is -0.116. The molecule has 1 amide bonds. The summed E-state index contributed by atoms with van der Waals surface area (Å²) < 4.78 is 0. The number of amides is 1. The van der Waals surface area contributed by atoms with Crippen LogP contribution in [0.2, 0.25) is 0 Å². The number of likely N-dealkylation sites (N-methyl/N-ethyl adjacent to an activating group) is 1. The van der Waals surface area contributed by atoms with Gasteiger partial charge in [0.25, 0.3) is 0 Å². The number of carbonyl (C=O) groups excluding carboxylic acids is 1. The second kappa shape index (κ2) is 6.03. The average Bonchev–Trinajstić information content (AvgIpc) is 2.25. The van der Waals surface area contributed by atoms with Crippen molar-refractivity contribution in [3.8, 4) is 0 Å². The molecule has 17 heavy (non-hydrogen) atoms. The minimum atomic E-state index is -0.388. The molecule has 0 spiro atoms. The Labute approximate surface area is 101 Å². The Morgan fingerprint density at radius 3 is 2.65 bits per heavy atom. The fourth-order valence-electron chi connectivity index (χ4n) is 1.54. The summed E-state index contributed by atoms with van der Waals surface area (Å²) in [6.45, 7) is 4.76. The Kier molecular flexibility index (Phi) is 4.68. The number of hydrogen-bond acceptors (Lipinski definition) is 5. The van der Waals surface area contributed by atoms with Crippen molar-refractivity contribution in [3.63, 3.8) is 0 Å². The summed E-state index contributed by atoms with van der Waals surface area (Å²) >= 11 is 0. The van der Waals surface area contributed by atoms with E-state index in [1.165, 1.54) is 0 Å². The highest BCUT2D eigenvalue weighted by Gasteiger charge is 2.11. The molecule has 94 valence electrons. The van der Waals surface area contributed by atoms with Crippen molar-refractivity contribution in [1.29, 1.82) is 0 Å². The van der Waals surface area contributed by atoms with Gasteiger partial charge in [-0.15, -0.1) is 0 Å². The lowest BCUT2D eigenvalue weighted by atomic mass is 10.3. The average molecular weight is 237 g/mol. The van der Waals surface area contributed by atoms with Gasteiger partial charge in [0.05, 0.1) is 6.54 Å². The molecule has 0 radical (unpaired) electrons. The Morgan fingerprint density at radius 2 is 2.12 bits per heavy atom. The zero-order valence-corrected chi connectivity index (χ0v) is 10.3. The third-order valence-electron chi connectivity index (χ3n) is 2.30. The van der Waals surface area contributed by atoms with E-state index < -0.39 is 0 Å². The highest BCUT2D eigenvalue weighted by atomic mass is 16.1. The van der Waals surface area contributed by atoms with Crippen LogP contribution in [0.5, 0.6) is 0 Å². The summed E-state index contributed by atoms with van der Waals surface area (Å²) in [6.07, 6.45) is 1.72. The fourth-order valence-corrected chi connectivity index (χ4v) is 1.54. The number of nitrogen functional groups attached to an aromatic ring is 1. The molecule has 1 aromatic heterocycles. The van der Waals surface area contributed by atoms with E-state index in [-0.39, 0.29) is 12.5 Å². The zero-order valence-electron chi connectivity index (χ0n) is 10.3. The van der Waals surface area contributed by atoms with E-state index in [1.807, 2.05) is 13.8 Å². The highest BCUT2D eigenvalue weighted by molar-refractivity contribution is 5.79. The van der Waals surface area contributed by atoms with Gasteiger partial charge in [0.15, 0.2) is 0 Å². The lowest BCUT2D eigenvalue weighted by Gasteiger charge is -2.20. The van der Waals surface area contributed by atoms with E-state index in [0.717, 1.165) is 12.8 Å². The van der Waals surface area contributed by atoms with Crippen molar-refractivity contribution in [1.82, 2.24) is 9.97 Å². The minimum absolute atomic E-state index is 0.137. The van der Waals surface area contributed by atoms with Gasteiger partial charge in [0.2, 0.25) is 5.91 Å². The van der Waals surface area contributed by atoms with Crippen LogP contribution in [-0.2, 0) is 11.2 Å². The van der Waals surface area contributed by atoms with E-state index >= 15 is 0 Å². The van der Waals surface area contributed by atoms with Crippen LogP contribution in [0.15, 0.2) is 6.07 Å². The smallest absolute Gasteiger partial charge is 0.236 e. The van der Waals surface area contributed by atoms with Crippen LogP contribution in [0.1, 0.15) is 26.1 Å². The van der Waals surface area contributed by atoms with Gasteiger partial charge in [0.1, 0.15) is 17.5 Å². The van der Waals surface area contributed by atoms with Gasteiger partial charge >= 0.3 is 0 Å². The molecule has 0 unspecified atom stereocenters. The third-order valence-corrected chi connectivity index (χ3v) is 2.30. The van der Waals surface area contributed by atoms with Crippen LogP contribution in [0.4, 0.5) is 11.6 Å². The summed E-state index contributed by atoms with van der Waals surface area (Å²) in [5, 5.41) is 0. The highest BCUT2D eigenvalue weighted by Crippen LogP contribution is 2.14. The first-order chi connectivity index (χ1) is 8.06. The Balaban J connectivity index is 2.97. The van der Waals surface area contributed by atoms with Gasteiger partial charge in [-0.05, 0) is 13.3 Å². The monoisotopic (exact) mass is 237 g/mol.